The maximum atomic E-state index is 6.09. The van der Waals surface area contributed by atoms with Crippen LogP contribution in [0.3, 0.4) is 0 Å². The molecule has 0 spiro atoms. The van der Waals surface area contributed by atoms with Crippen LogP contribution in [0, 0.1) is 0 Å². The van der Waals surface area contributed by atoms with Crippen LogP contribution in [-0.2, 0) is 15.9 Å². The molecule has 1 aromatic heterocycles. The first-order valence-corrected chi connectivity index (χ1v) is 7.86. The molecule has 1 saturated heterocycles. The Morgan fingerprint density at radius 1 is 1.00 bits per heavy atom. The molecule has 1 aliphatic rings. The number of nitrogens with zero attached hydrogens (tertiary/aromatic N) is 1. The minimum absolute atomic E-state index is 0.335. The number of ether oxygens (including phenoxy) is 1. The van der Waals surface area contributed by atoms with E-state index in [1.807, 2.05) is 36.4 Å². The quantitative estimate of drug-likeness (QED) is 0.814. The van der Waals surface area contributed by atoms with Crippen molar-refractivity contribution >= 4 is 12.6 Å². The van der Waals surface area contributed by atoms with Crippen LogP contribution in [-0.4, -0.2) is 23.3 Å². The van der Waals surface area contributed by atoms with E-state index in [2.05, 4.69) is 38.7 Å². The molecule has 1 fully saturated rings. The van der Waals surface area contributed by atoms with Crippen molar-refractivity contribution < 1.29 is 14.0 Å². The third-order valence-electron chi connectivity index (χ3n) is 4.50. The minimum atomic E-state index is -0.352. The summed E-state index contributed by atoms with van der Waals surface area (Å²) in [4.78, 5) is 4.16. The number of pyridine rings is 1. The van der Waals surface area contributed by atoms with Crippen LogP contribution in [0.25, 0.3) is 0 Å². The number of rotatable bonds is 4. The van der Waals surface area contributed by atoms with E-state index in [4.69, 9.17) is 14.0 Å². The Labute approximate surface area is 137 Å². The van der Waals surface area contributed by atoms with Gasteiger partial charge in [-0.1, -0.05) is 30.3 Å². The average Bonchev–Trinajstić information content (AvgIpc) is 2.75. The normalized spacial score (nSPS) is 18.9. The summed E-state index contributed by atoms with van der Waals surface area (Å²) in [5.74, 6) is 0.619. The summed E-state index contributed by atoms with van der Waals surface area (Å²) >= 11 is 0. The fraction of sp³-hybridized carbons (Fsp3) is 0.389. The molecule has 4 nitrogen and oxygen atoms in total. The largest absolute Gasteiger partial charge is 0.494 e. The Balaban J connectivity index is 1.71. The molecule has 120 valence electrons. The zero-order valence-corrected chi connectivity index (χ0v) is 14.1. The molecule has 1 aliphatic heterocycles. The van der Waals surface area contributed by atoms with Crippen molar-refractivity contribution in [2.24, 2.45) is 0 Å². The Hall–Kier alpha value is -1.85. The molecule has 0 unspecified atom stereocenters. The molecule has 2 heterocycles. The van der Waals surface area contributed by atoms with Gasteiger partial charge in [-0.25, -0.2) is 4.98 Å². The summed E-state index contributed by atoms with van der Waals surface area (Å²) in [7, 11) is -0.352. The van der Waals surface area contributed by atoms with Gasteiger partial charge in [0.05, 0.1) is 11.2 Å². The van der Waals surface area contributed by atoms with Gasteiger partial charge in [-0.05, 0) is 44.8 Å². The monoisotopic (exact) mass is 311 g/mol. The van der Waals surface area contributed by atoms with E-state index in [1.165, 1.54) is 0 Å². The lowest BCUT2D eigenvalue weighted by Crippen LogP contribution is -2.41. The summed E-state index contributed by atoms with van der Waals surface area (Å²) in [6, 6.07) is 13.7. The molecule has 3 rings (SSSR count). The number of hydrogen-bond acceptors (Lipinski definition) is 4. The predicted molar refractivity (Wildman–Crippen MR) is 90.7 cm³/mol. The lowest BCUT2D eigenvalue weighted by atomic mass is 9.78. The molecule has 5 heteroatoms. The molecular weight excluding hydrogens is 289 g/mol. The molecule has 23 heavy (non-hydrogen) atoms. The lowest BCUT2D eigenvalue weighted by molar-refractivity contribution is 0.00578. The first kappa shape index (κ1) is 16.0. The highest BCUT2D eigenvalue weighted by atomic mass is 16.7. The zero-order chi connectivity index (χ0) is 16.5. The van der Waals surface area contributed by atoms with Crippen molar-refractivity contribution in [3.8, 4) is 5.88 Å². The minimum Gasteiger partial charge on any atom is -0.473 e. The second kappa shape index (κ2) is 5.98. The van der Waals surface area contributed by atoms with Gasteiger partial charge in [0.25, 0.3) is 0 Å². The topological polar surface area (TPSA) is 40.6 Å². The predicted octanol–water partition coefficient (Wildman–Crippen LogP) is 2.96. The van der Waals surface area contributed by atoms with Crippen molar-refractivity contribution in [2.45, 2.75) is 45.5 Å². The second-order valence-electron chi connectivity index (χ2n) is 6.79. The summed E-state index contributed by atoms with van der Waals surface area (Å²) in [6.45, 7) is 8.69. The van der Waals surface area contributed by atoms with E-state index in [0.717, 1.165) is 11.0 Å². The van der Waals surface area contributed by atoms with Crippen LogP contribution >= 0.6 is 0 Å². The number of benzene rings is 1. The van der Waals surface area contributed by atoms with Gasteiger partial charge < -0.3 is 14.0 Å². The number of hydrogen-bond donors (Lipinski definition) is 0. The first-order valence-electron chi connectivity index (χ1n) is 7.86. The molecule has 0 saturated carbocycles. The summed E-state index contributed by atoms with van der Waals surface area (Å²) < 4.78 is 17.9. The van der Waals surface area contributed by atoms with Gasteiger partial charge in [-0.3, -0.25) is 0 Å². The van der Waals surface area contributed by atoms with E-state index in [9.17, 15) is 0 Å². The highest BCUT2D eigenvalue weighted by Crippen LogP contribution is 2.36. The lowest BCUT2D eigenvalue weighted by Gasteiger charge is -2.32. The fourth-order valence-corrected chi connectivity index (χ4v) is 2.40. The standard InChI is InChI=1S/C18H22BNO3/c1-17(2)18(3,4)23-19(22-17)15-9-7-8-14(12-15)13-21-16-10-5-6-11-20-16/h5-12H,13H2,1-4H3. The van der Waals surface area contributed by atoms with E-state index in [-0.39, 0.29) is 18.3 Å². The summed E-state index contributed by atoms with van der Waals surface area (Å²) in [5.41, 5.74) is 1.39. The van der Waals surface area contributed by atoms with Crippen LogP contribution in [0.4, 0.5) is 0 Å². The summed E-state index contributed by atoms with van der Waals surface area (Å²) in [5, 5.41) is 0. The smallest absolute Gasteiger partial charge is 0.473 e. The van der Waals surface area contributed by atoms with Crippen molar-refractivity contribution in [3.63, 3.8) is 0 Å². The van der Waals surface area contributed by atoms with Crippen LogP contribution in [0.5, 0.6) is 5.88 Å². The van der Waals surface area contributed by atoms with E-state index in [1.54, 1.807) is 6.20 Å². The third-order valence-corrected chi connectivity index (χ3v) is 4.50. The molecule has 0 N–H and O–H groups in total. The molecule has 0 bridgehead atoms. The fourth-order valence-electron chi connectivity index (χ4n) is 2.40. The molecule has 0 aliphatic carbocycles. The Morgan fingerprint density at radius 2 is 1.74 bits per heavy atom. The molecule has 0 atom stereocenters. The van der Waals surface area contributed by atoms with Crippen molar-refractivity contribution in [1.82, 2.24) is 4.98 Å². The molecule has 2 aromatic rings. The van der Waals surface area contributed by atoms with Crippen molar-refractivity contribution in [1.29, 1.82) is 0 Å². The Morgan fingerprint density at radius 3 is 2.39 bits per heavy atom. The van der Waals surface area contributed by atoms with Gasteiger partial charge in [0, 0.05) is 12.3 Å². The van der Waals surface area contributed by atoms with E-state index >= 15 is 0 Å². The van der Waals surface area contributed by atoms with Crippen LogP contribution < -0.4 is 10.2 Å². The number of aromatic nitrogens is 1. The summed E-state index contributed by atoms with van der Waals surface area (Å²) in [6.07, 6.45) is 1.72. The Kier molecular flexibility index (Phi) is 4.17. The van der Waals surface area contributed by atoms with Crippen molar-refractivity contribution in [2.75, 3.05) is 0 Å². The van der Waals surface area contributed by atoms with Gasteiger partial charge >= 0.3 is 7.12 Å². The van der Waals surface area contributed by atoms with Gasteiger partial charge in [-0.15, -0.1) is 0 Å². The SMILES string of the molecule is CC1(C)OB(c2cccc(COc3ccccn3)c2)OC1(C)C. The van der Waals surface area contributed by atoms with E-state index in [0.29, 0.717) is 12.5 Å². The highest BCUT2D eigenvalue weighted by molar-refractivity contribution is 6.62. The highest BCUT2D eigenvalue weighted by Gasteiger charge is 2.51. The molecular formula is C18H22BNO3. The Bertz CT molecular complexity index is 657. The van der Waals surface area contributed by atoms with Crippen LogP contribution in [0.1, 0.15) is 33.3 Å². The first-order chi connectivity index (χ1) is 10.9. The van der Waals surface area contributed by atoms with Crippen LogP contribution in [0.15, 0.2) is 48.7 Å². The van der Waals surface area contributed by atoms with Crippen molar-refractivity contribution in [3.05, 3.63) is 54.2 Å². The third kappa shape index (κ3) is 3.41. The maximum absolute atomic E-state index is 6.09. The zero-order valence-electron chi connectivity index (χ0n) is 14.1. The second-order valence-corrected chi connectivity index (χ2v) is 6.79. The van der Waals surface area contributed by atoms with Gasteiger partial charge in [0.2, 0.25) is 5.88 Å². The van der Waals surface area contributed by atoms with Gasteiger partial charge in [0.15, 0.2) is 0 Å². The van der Waals surface area contributed by atoms with Gasteiger partial charge in [-0.2, -0.15) is 0 Å². The van der Waals surface area contributed by atoms with Crippen LogP contribution in [0.2, 0.25) is 0 Å². The van der Waals surface area contributed by atoms with E-state index < -0.39 is 0 Å². The molecule has 0 amide bonds. The van der Waals surface area contributed by atoms with Gasteiger partial charge in [0.1, 0.15) is 6.61 Å². The molecule has 1 aromatic carbocycles. The average molecular weight is 311 g/mol. The maximum Gasteiger partial charge on any atom is 0.494 e. The molecule has 0 radical (unpaired) electrons.